The lowest BCUT2D eigenvalue weighted by Gasteiger charge is -2.26. The van der Waals surface area contributed by atoms with Crippen LogP contribution < -0.4 is 16.4 Å². The summed E-state index contributed by atoms with van der Waals surface area (Å²) >= 11 is 0. The minimum atomic E-state index is -0.597. The molecule has 1 atom stereocenters. The van der Waals surface area contributed by atoms with Crippen LogP contribution in [0, 0.1) is 12.3 Å². The van der Waals surface area contributed by atoms with E-state index in [9.17, 15) is 9.59 Å². The number of aryl methyl sites for hydroxylation is 1. The Kier molecular flexibility index (Phi) is 5.49. The van der Waals surface area contributed by atoms with Crippen LogP contribution in [-0.2, 0) is 4.79 Å². The van der Waals surface area contributed by atoms with Crippen molar-refractivity contribution >= 4 is 17.5 Å². The molecule has 5 nitrogen and oxygen atoms in total. The first kappa shape index (κ1) is 17.2. The van der Waals surface area contributed by atoms with Crippen LogP contribution in [0.25, 0.3) is 0 Å². The summed E-state index contributed by atoms with van der Waals surface area (Å²) in [5.74, 6) is -0.346. The summed E-state index contributed by atoms with van der Waals surface area (Å²) in [5.41, 5.74) is 7.70. The maximum atomic E-state index is 12.1. The molecule has 4 N–H and O–H groups in total. The summed E-state index contributed by atoms with van der Waals surface area (Å²) in [5, 5.41) is 5.56. The first-order chi connectivity index (χ1) is 9.66. The molecule has 0 aliphatic carbocycles. The standard InChI is InChI=1S/C16H25N3O2/c1-6-18-14(20)11-7-8-12(10(2)9-11)19-15(21)13(17)16(3,4)5/h7-9,13H,6,17H2,1-5H3,(H,18,20)(H,19,21)/t13-/m0/s1. The average Bonchev–Trinajstić information content (AvgIpc) is 2.39. The van der Waals surface area contributed by atoms with E-state index >= 15 is 0 Å². The van der Waals surface area contributed by atoms with Crippen LogP contribution in [0.4, 0.5) is 5.69 Å². The quantitative estimate of drug-likeness (QED) is 0.794. The normalized spacial score (nSPS) is 12.7. The van der Waals surface area contributed by atoms with E-state index in [-0.39, 0.29) is 17.2 Å². The van der Waals surface area contributed by atoms with Gasteiger partial charge in [-0.15, -0.1) is 0 Å². The lowest BCUT2D eigenvalue weighted by molar-refractivity contribution is -0.119. The van der Waals surface area contributed by atoms with Crippen molar-refractivity contribution in [2.75, 3.05) is 11.9 Å². The van der Waals surface area contributed by atoms with Crippen LogP contribution in [-0.4, -0.2) is 24.4 Å². The fourth-order valence-electron chi connectivity index (χ4n) is 1.81. The molecule has 5 heteroatoms. The smallest absolute Gasteiger partial charge is 0.251 e. The molecule has 116 valence electrons. The first-order valence-electron chi connectivity index (χ1n) is 7.12. The highest BCUT2D eigenvalue weighted by molar-refractivity contribution is 5.98. The second kappa shape index (κ2) is 6.72. The molecule has 0 spiro atoms. The van der Waals surface area contributed by atoms with Gasteiger partial charge < -0.3 is 16.4 Å². The largest absolute Gasteiger partial charge is 0.352 e. The molecule has 0 heterocycles. The Morgan fingerprint density at radius 1 is 1.29 bits per heavy atom. The van der Waals surface area contributed by atoms with Gasteiger partial charge >= 0.3 is 0 Å². The summed E-state index contributed by atoms with van der Waals surface area (Å²) < 4.78 is 0. The Hall–Kier alpha value is -1.88. The topological polar surface area (TPSA) is 84.2 Å². The lowest BCUT2D eigenvalue weighted by Crippen LogP contribution is -2.45. The highest BCUT2D eigenvalue weighted by Gasteiger charge is 2.27. The average molecular weight is 291 g/mol. The van der Waals surface area contributed by atoms with Crippen molar-refractivity contribution in [2.45, 2.75) is 40.7 Å². The molecule has 0 aliphatic rings. The van der Waals surface area contributed by atoms with Crippen LogP contribution in [0.2, 0.25) is 0 Å². The molecule has 2 amide bonds. The highest BCUT2D eigenvalue weighted by atomic mass is 16.2. The molecule has 1 aromatic rings. The van der Waals surface area contributed by atoms with E-state index in [4.69, 9.17) is 5.73 Å². The van der Waals surface area contributed by atoms with Gasteiger partial charge in [0.05, 0.1) is 6.04 Å². The van der Waals surface area contributed by atoms with Crippen LogP contribution >= 0.6 is 0 Å². The zero-order chi connectivity index (χ0) is 16.2. The predicted molar refractivity (Wildman–Crippen MR) is 85.2 cm³/mol. The van der Waals surface area contributed by atoms with Gasteiger partial charge in [0.1, 0.15) is 0 Å². The SMILES string of the molecule is CCNC(=O)c1ccc(NC(=O)[C@H](N)C(C)(C)C)c(C)c1. The molecule has 0 fully saturated rings. The molecule has 1 aromatic carbocycles. The molecule has 0 unspecified atom stereocenters. The Labute approximate surface area is 126 Å². The molecular weight excluding hydrogens is 266 g/mol. The van der Waals surface area contributed by atoms with Gasteiger partial charge in [-0.25, -0.2) is 0 Å². The Morgan fingerprint density at radius 3 is 2.38 bits per heavy atom. The number of rotatable bonds is 4. The van der Waals surface area contributed by atoms with E-state index in [2.05, 4.69) is 10.6 Å². The maximum absolute atomic E-state index is 12.1. The van der Waals surface area contributed by atoms with Crippen LogP contribution in [0.15, 0.2) is 18.2 Å². The van der Waals surface area contributed by atoms with Gasteiger partial charge in [-0.1, -0.05) is 20.8 Å². The van der Waals surface area contributed by atoms with Crippen LogP contribution in [0.5, 0.6) is 0 Å². The second-order valence-corrected chi connectivity index (χ2v) is 6.22. The van der Waals surface area contributed by atoms with Crippen molar-refractivity contribution in [3.63, 3.8) is 0 Å². The summed E-state index contributed by atoms with van der Waals surface area (Å²) in [4.78, 5) is 23.9. The molecule has 0 radical (unpaired) electrons. The highest BCUT2D eigenvalue weighted by Crippen LogP contribution is 2.21. The number of nitrogens with two attached hydrogens (primary N) is 1. The van der Waals surface area contributed by atoms with E-state index in [0.29, 0.717) is 17.8 Å². The predicted octanol–water partition coefficient (Wildman–Crippen LogP) is 2.06. The zero-order valence-electron chi connectivity index (χ0n) is 13.4. The van der Waals surface area contributed by atoms with E-state index in [1.165, 1.54) is 0 Å². The third-order valence-electron chi connectivity index (χ3n) is 3.30. The minimum absolute atomic E-state index is 0.120. The fourth-order valence-corrected chi connectivity index (χ4v) is 1.81. The number of anilines is 1. The van der Waals surface area contributed by atoms with Gasteiger partial charge in [0.2, 0.25) is 5.91 Å². The third kappa shape index (κ3) is 4.56. The summed E-state index contributed by atoms with van der Waals surface area (Å²) in [6.07, 6.45) is 0. The van der Waals surface area contributed by atoms with Crippen molar-refractivity contribution in [1.29, 1.82) is 0 Å². The minimum Gasteiger partial charge on any atom is -0.352 e. The summed E-state index contributed by atoms with van der Waals surface area (Å²) in [6.45, 7) is 10.1. The van der Waals surface area contributed by atoms with E-state index in [1.807, 2.05) is 34.6 Å². The molecule has 0 saturated carbocycles. The Balaban J connectivity index is 2.87. The van der Waals surface area contributed by atoms with Gasteiger partial charge in [0.25, 0.3) is 5.91 Å². The van der Waals surface area contributed by atoms with Crippen LogP contribution in [0.1, 0.15) is 43.6 Å². The molecular formula is C16H25N3O2. The van der Waals surface area contributed by atoms with E-state index in [1.54, 1.807) is 18.2 Å². The zero-order valence-corrected chi connectivity index (χ0v) is 13.4. The number of carbonyl (C=O) groups is 2. The van der Waals surface area contributed by atoms with Gasteiger partial charge in [-0.3, -0.25) is 9.59 Å². The number of nitrogens with one attached hydrogen (secondary N) is 2. The second-order valence-electron chi connectivity index (χ2n) is 6.22. The van der Waals surface area contributed by atoms with E-state index in [0.717, 1.165) is 5.56 Å². The van der Waals surface area contributed by atoms with Crippen LogP contribution in [0.3, 0.4) is 0 Å². The molecule has 1 rings (SSSR count). The Morgan fingerprint density at radius 2 is 1.90 bits per heavy atom. The molecule has 0 saturated heterocycles. The lowest BCUT2D eigenvalue weighted by atomic mass is 9.87. The maximum Gasteiger partial charge on any atom is 0.251 e. The molecule has 0 bridgehead atoms. The number of hydrogen-bond acceptors (Lipinski definition) is 3. The molecule has 21 heavy (non-hydrogen) atoms. The van der Waals surface area contributed by atoms with Crippen molar-refractivity contribution in [1.82, 2.24) is 5.32 Å². The van der Waals surface area contributed by atoms with Gasteiger partial charge in [0, 0.05) is 17.8 Å². The Bertz CT molecular complexity index is 533. The fraction of sp³-hybridized carbons (Fsp3) is 0.500. The van der Waals surface area contributed by atoms with Crippen molar-refractivity contribution in [3.8, 4) is 0 Å². The van der Waals surface area contributed by atoms with Crippen molar-refractivity contribution in [3.05, 3.63) is 29.3 Å². The number of benzene rings is 1. The third-order valence-corrected chi connectivity index (χ3v) is 3.30. The number of hydrogen-bond donors (Lipinski definition) is 3. The van der Waals surface area contributed by atoms with Crippen molar-refractivity contribution in [2.24, 2.45) is 11.1 Å². The number of carbonyl (C=O) groups excluding carboxylic acids is 2. The monoisotopic (exact) mass is 291 g/mol. The van der Waals surface area contributed by atoms with Crippen molar-refractivity contribution < 1.29 is 9.59 Å². The van der Waals surface area contributed by atoms with Gasteiger partial charge in [0.15, 0.2) is 0 Å². The molecule has 0 aliphatic heterocycles. The first-order valence-corrected chi connectivity index (χ1v) is 7.12. The summed E-state index contributed by atoms with van der Waals surface area (Å²) in [6, 6.07) is 4.58. The molecule has 0 aromatic heterocycles. The van der Waals surface area contributed by atoms with Gasteiger partial charge in [-0.2, -0.15) is 0 Å². The summed E-state index contributed by atoms with van der Waals surface area (Å²) in [7, 11) is 0. The van der Waals surface area contributed by atoms with E-state index < -0.39 is 6.04 Å². The van der Waals surface area contributed by atoms with Gasteiger partial charge in [-0.05, 0) is 43.0 Å². The number of amides is 2.